The van der Waals surface area contributed by atoms with Crippen LogP contribution in [0.4, 0.5) is 0 Å². The van der Waals surface area contributed by atoms with Crippen LogP contribution >= 0.6 is 0 Å². The van der Waals surface area contributed by atoms with Crippen molar-refractivity contribution < 1.29 is 53.7 Å². The van der Waals surface area contributed by atoms with E-state index < -0.39 is 115 Å². The summed E-state index contributed by atoms with van der Waals surface area (Å²) < 4.78 is 0. The van der Waals surface area contributed by atoms with Crippen molar-refractivity contribution in [3.8, 4) is 0 Å². The molecule has 0 rings (SSSR count). The number of rotatable bonds is 18. The number of carbonyl (C=O) groups is 8. The van der Waals surface area contributed by atoms with Gasteiger partial charge >= 0.3 is 17.9 Å². The van der Waals surface area contributed by atoms with Gasteiger partial charge in [0.2, 0.25) is 29.5 Å². The Morgan fingerprint density at radius 3 is 1.51 bits per heavy atom. The minimum Gasteiger partial charge on any atom is -0.481 e. The number of aliphatic carboxylic acids is 3. The maximum Gasteiger partial charge on any atom is 0.325 e. The van der Waals surface area contributed by atoms with E-state index in [0.29, 0.717) is 0 Å². The Labute approximate surface area is 236 Å². The minimum atomic E-state index is -1.74. The molecule has 5 atom stereocenters. The highest BCUT2D eigenvalue weighted by Gasteiger charge is 2.34. The molecule has 0 aliphatic heterocycles. The number of carbonyl (C=O) groups excluding carboxylic acids is 5. The summed E-state index contributed by atoms with van der Waals surface area (Å²) in [6, 6.07) is -7.07. The maximum absolute atomic E-state index is 13.1. The van der Waals surface area contributed by atoms with Crippen molar-refractivity contribution in [3.05, 3.63) is 0 Å². The summed E-state index contributed by atoms with van der Waals surface area (Å²) in [7, 11) is 0. The molecule has 0 aliphatic carbocycles. The zero-order valence-corrected chi connectivity index (χ0v) is 23.6. The first-order valence-corrected chi connectivity index (χ1v) is 12.8. The average molecular weight is 589 g/mol. The van der Waals surface area contributed by atoms with E-state index in [2.05, 4.69) is 26.6 Å². The monoisotopic (exact) mass is 588 g/mol. The van der Waals surface area contributed by atoms with Gasteiger partial charge in [0.15, 0.2) is 0 Å². The van der Waals surface area contributed by atoms with Crippen molar-refractivity contribution in [2.24, 2.45) is 17.6 Å². The van der Waals surface area contributed by atoms with E-state index in [4.69, 9.17) is 15.9 Å². The van der Waals surface area contributed by atoms with Gasteiger partial charge in [-0.1, -0.05) is 27.7 Å². The van der Waals surface area contributed by atoms with E-state index in [1.807, 2.05) is 0 Å². The van der Waals surface area contributed by atoms with E-state index in [-0.39, 0.29) is 0 Å². The van der Waals surface area contributed by atoms with Gasteiger partial charge in [-0.2, -0.15) is 0 Å². The third kappa shape index (κ3) is 13.6. The number of carboxylic acids is 3. The number of nitrogens with one attached hydrogen (secondary N) is 5. The predicted molar refractivity (Wildman–Crippen MR) is 141 cm³/mol. The molecule has 0 aromatic rings. The van der Waals surface area contributed by atoms with Gasteiger partial charge in [-0.05, 0) is 25.2 Å². The van der Waals surface area contributed by atoms with Gasteiger partial charge in [0.05, 0.1) is 13.0 Å². The first-order valence-electron chi connectivity index (χ1n) is 12.8. The Morgan fingerprint density at radius 1 is 0.610 bits per heavy atom. The highest BCUT2D eigenvalue weighted by atomic mass is 16.4. The van der Waals surface area contributed by atoms with Crippen LogP contribution in [0, 0.1) is 11.8 Å². The van der Waals surface area contributed by atoms with Crippen molar-refractivity contribution >= 4 is 47.4 Å². The van der Waals surface area contributed by atoms with Gasteiger partial charge in [0.1, 0.15) is 30.2 Å². The standard InChI is InChI=1S/C24H40N6O11/c1-10(2)18(29-15(31)9-25)23(39)28-14(8-17(34)35)21(37)27-13(6-7-16(32)33)20(36)30-19(11(3)4)22(38)26-12(5)24(40)41/h10-14,18-19H,6-9,25H2,1-5H3,(H,26,38)(H,27,37)(H,28,39)(H,29,31)(H,30,36)(H,32,33)(H,34,35)(H,40,41)/t12-,13-,14-,18-,19-/m0/s1. The largest absolute Gasteiger partial charge is 0.481 e. The Kier molecular flexibility index (Phi) is 15.6. The molecule has 17 nitrogen and oxygen atoms in total. The Morgan fingerprint density at radius 2 is 1.07 bits per heavy atom. The molecule has 0 aromatic heterocycles. The van der Waals surface area contributed by atoms with Crippen LogP contribution in [0.3, 0.4) is 0 Å². The fourth-order valence-electron chi connectivity index (χ4n) is 3.38. The fourth-order valence-corrected chi connectivity index (χ4v) is 3.38. The molecule has 0 aliphatic rings. The molecule has 0 saturated heterocycles. The number of amides is 5. The fraction of sp³-hybridized carbons (Fsp3) is 0.667. The van der Waals surface area contributed by atoms with Crippen LogP contribution in [0.2, 0.25) is 0 Å². The molecule has 232 valence electrons. The second kappa shape index (κ2) is 17.4. The van der Waals surface area contributed by atoms with Crippen molar-refractivity contribution in [1.29, 1.82) is 0 Å². The van der Waals surface area contributed by atoms with Crippen molar-refractivity contribution in [2.45, 2.75) is 84.1 Å². The Bertz CT molecular complexity index is 1000. The zero-order valence-electron chi connectivity index (χ0n) is 23.6. The van der Waals surface area contributed by atoms with Crippen LogP contribution in [0.25, 0.3) is 0 Å². The molecule has 41 heavy (non-hydrogen) atoms. The van der Waals surface area contributed by atoms with Crippen molar-refractivity contribution in [2.75, 3.05) is 6.54 Å². The second-order valence-electron chi connectivity index (χ2n) is 9.94. The smallest absolute Gasteiger partial charge is 0.325 e. The summed E-state index contributed by atoms with van der Waals surface area (Å²) in [6.07, 6.45) is -2.01. The molecular formula is C24H40N6O11. The van der Waals surface area contributed by atoms with Crippen molar-refractivity contribution in [3.63, 3.8) is 0 Å². The van der Waals surface area contributed by atoms with Crippen LogP contribution in [-0.4, -0.2) is 99.5 Å². The molecule has 5 amide bonds. The lowest BCUT2D eigenvalue weighted by molar-refractivity contribution is -0.142. The van der Waals surface area contributed by atoms with Gasteiger partial charge in [0, 0.05) is 6.42 Å². The van der Waals surface area contributed by atoms with Crippen LogP contribution in [0.5, 0.6) is 0 Å². The number of hydrogen-bond donors (Lipinski definition) is 9. The molecular weight excluding hydrogens is 548 g/mol. The number of nitrogens with two attached hydrogens (primary N) is 1. The summed E-state index contributed by atoms with van der Waals surface area (Å²) in [5, 5.41) is 38.8. The maximum atomic E-state index is 13.1. The molecule has 0 fully saturated rings. The van der Waals surface area contributed by atoms with Crippen LogP contribution in [0.15, 0.2) is 0 Å². The predicted octanol–water partition coefficient (Wildman–Crippen LogP) is -2.87. The van der Waals surface area contributed by atoms with E-state index >= 15 is 0 Å². The average Bonchev–Trinajstić information content (AvgIpc) is 2.85. The van der Waals surface area contributed by atoms with Gasteiger partial charge in [0.25, 0.3) is 0 Å². The van der Waals surface area contributed by atoms with E-state index in [1.165, 1.54) is 6.92 Å². The topological polar surface area (TPSA) is 283 Å². The normalized spacial score (nSPS) is 14.5. The lowest BCUT2D eigenvalue weighted by Gasteiger charge is -2.28. The molecule has 17 heteroatoms. The molecule has 0 spiro atoms. The van der Waals surface area contributed by atoms with Gasteiger partial charge in [-0.3, -0.25) is 38.4 Å². The van der Waals surface area contributed by atoms with E-state index in [0.717, 1.165) is 0 Å². The molecule has 0 bridgehead atoms. The lowest BCUT2D eigenvalue weighted by Crippen LogP contribution is -2.60. The van der Waals surface area contributed by atoms with E-state index in [1.54, 1.807) is 27.7 Å². The minimum absolute atomic E-state index is 0.430. The Balaban J connectivity index is 5.96. The SMILES string of the molecule is CC(C)[C@H](NC(=O)CN)C(=O)N[C@@H](CC(=O)O)C(=O)N[C@@H](CCC(=O)O)C(=O)N[C@H](C(=O)N[C@@H](C)C(=O)O)C(C)C. The molecule has 0 saturated carbocycles. The molecule has 0 radical (unpaired) electrons. The first-order chi connectivity index (χ1) is 18.9. The molecule has 10 N–H and O–H groups in total. The summed E-state index contributed by atoms with van der Waals surface area (Å²) >= 11 is 0. The zero-order chi connectivity index (χ0) is 32.0. The molecule has 0 heterocycles. The highest BCUT2D eigenvalue weighted by molar-refractivity contribution is 5.97. The third-order valence-electron chi connectivity index (χ3n) is 5.72. The summed E-state index contributed by atoms with van der Waals surface area (Å²) in [5.74, 6) is -9.78. The molecule has 0 aromatic carbocycles. The van der Waals surface area contributed by atoms with Gasteiger partial charge < -0.3 is 47.6 Å². The lowest BCUT2D eigenvalue weighted by atomic mass is 10.0. The Hall–Kier alpha value is -4.28. The number of carboxylic acid groups (broad SMARTS) is 3. The van der Waals surface area contributed by atoms with Crippen LogP contribution < -0.4 is 32.3 Å². The summed E-state index contributed by atoms with van der Waals surface area (Å²) in [6.45, 7) is 7.04. The second-order valence-corrected chi connectivity index (χ2v) is 9.94. The molecule has 0 unspecified atom stereocenters. The highest BCUT2D eigenvalue weighted by Crippen LogP contribution is 2.08. The third-order valence-corrected chi connectivity index (χ3v) is 5.72. The first kappa shape index (κ1) is 36.7. The quantitative estimate of drug-likeness (QED) is 0.0781. The van der Waals surface area contributed by atoms with E-state index in [9.17, 15) is 43.5 Å². The van der Waals surface area contributed by atoms with Crippen LogP contribution in [-0.2, 0) is 38.4 Å². The number of hydrogen-bond acceptors (Lipinski definition) is 9. The van der Waals surface area contributed by atoms with Gasteiger partial charge in [-0.25, -0.2) is 0 Å². The van der Waals surface area contributed by atoms with Crippen LogP contribution in [0.1, 0.15) is 53.9 Å². The van der Waals surface area contributed by atoms with Gasteiger partial charge in [-0.15, -0.1) is 0 Å². The summed E-state index contributed by atoms with van der Waals surface area (Å²) in [5.41, 5.74) is 5.26. The summed E-state index contributed by atoms with van der Waals surface area (Å²) in [4.78, 5) is 96.9. The van der Waals surface area contributed by atoms with Crippen molar-refractivity contribution in [1.82, 2.24) is 26.6 Å².